The first-order chi connectivity index (χ1) is 9.70. The molecule has 0 radical (unpaired) electrons. The van der Waals surface area contributed by atoms with Crippen molar-refractivity contribution in [2.24, 2.45) is 0 Å². The molecule has 0 fully saturated rings. The van der Waals surface area contributed by atoms with Crippen molar-refractivity contribution in [2.45, 2.75) is 33.0 Å². The number of nitrogens with zero attached hydrogens (tertiary/aromatic N) is 3. The molecular weight excluding hydrogens is 256 g/mol. The van der Waals surface area contributed by atoms with Gasteiger partial charge in [0.05, 0.1) is 18.4 Å². The second-order valence-corrected chi connectivity index (χ2v) is 5.13. The molecule has 0 saturated heterocycles. The summed E-state index contributed by atoms with van der Waals surface area (Å²) < 4.78 is 12.5. The van der Waals surface area contributed by atoms with Crippen molar-refractivity contribution in [3.63, 3.8) is 0 Å². The zero-order valence-corrected chi connectivity index (χ0v) is 11.7. The Morgan fingerprint density at radius 1 is 1.30 bits per heavy atom. The van der Waals surface area contributed by atoms with Gasteiger partial charge in [-0.2, -0.15) is 0 Å². The predicted octanol–water partition coefficient (Wildman–Crippen LogP) is 1.55. The first-order valence-electron chi connectivity index (χ1n) is 6.71. The molecule has 1 aromatic heterocycles. The molecule has 1 aromatic carbocycles. The van der Waals surface area contributed by atoms with Gasteiger partial charge in [-0.3, -0.25) is 0 Å². The van der Waals surface area contributed by atoms with Crippen LogP contribution in [-0.4, -0.2) is 27.8 Å². The highest BCUT2D eigenvalue weighted by atomic mass is 16.7. The van der Waals surface area contributed by atoms with Gasteiger partial charge in [0.1, 0.15) is 0 Å². The van der Waals surface area contributed by atoms with Crippen LogP contribution in [-0.2, 0) is 13.1 Å². The van der Waals surface area contributed by atoms with Gasteiger partial charge in [-0.25, -0.2) is 4.68 Å². The summed E-state index contributed by atoms with van der Waals surface area (Å²) in [5, 5.41) is 11.6. The smallest absolute Gasteiger partial charge is 0.231 e. The molecule has 0 amide bonds. The van der Waals surface area contributed by atoms with Crippen molar-refractivity contribution in [3.05, 3.63) is 35.7 Å². The summed E-state index contributed by atoms with van der Waals surface area (Å²) in [7, 11) is 0. The molecule has 6 nitrogen and oxygen atoms in total. The van der Waals surface area contributed by atoms with Crippen LogP contribution in [0.1, 0.15) is 25.1 Å². The highest BCUT2D eigenvalue weighted by molar-refractivity contribution is 5.44. The van der Waals surface area contributed by atoms with Crippen molar-refractivity contribution in [1.29, 1.82) is 0 Å². The molecule has 0 aliphatic carbocycles. The van der Waals surface area contributed by atoms with Gasteiger partial charge in [0.2, 0.25) is 6.79 Å². The monoisotopic (exact) mass is 274 g/mol. The minimum atomic E-state index is 0.299. The zero-order chi connectivity index (χ0) is 13.9. The lowest BCUT2D eigenvalue weighted by Gasteiger charge is -2.04. The van der Waals surface area contributed by atoms with E-state index in [9.17, 15) is 0 Å². The number of nitrogens with one attached hydrogen (secondary N) is 1. The van der Waals surface area contributed by atoms with Crippen LogP contribution >= 0.6 is 0 Å². The van der Waals surface area contributed by atoms with Crippen LogP contribution in [0, 0.1) is 0 Å². The second kappa shape index (κ2) is 5.50. The molecule has 1 aliphatic rings. The molecule has 0 atom stereocenters. The third-order valence-corrected chi connectivity index (χ3v) is 3.06. The van der Waals surface area contributed by atoms with Crippen LogP contribution in [0.5, 0.6) is 11.5 Å². The number of benzene rings is 1. The average Bonchev–Trinajstić information content (AvgIpc) is 3.04. The molecule has 2 heterocycles. The lowest BCUT2D eigenvalue weighted by Crippen LogP contribution is -2.21. The van der Waals surface area contributed by atoms with Crippen LogP contribution in [0.3, 0.4) is 0 Å². The normalized spacial score (nSPS) is 13.2. The average molecular weight is 274 g/mol. The van der Waals surface area contributed by atoms with E-state index in [1.165, 1.54) is 0 Å². The van der Waals surface area contributed by atoms with E-state index in [0.717, 1.165) is 29.3 Å². The Morgan fingerprint density at radius 2 is 2.15 bits per heavy atom. The number of hydrogen-bond acceptors (Lipinski definition) is 5. The van der Waals surface area contributed by atoms with Crippen LogP contribution in [0.2, 0.25) is 0 Å². The fourth-order valence-electron chi connectivity index (χ4n) is 2.03. The standard InChI is InChI=1S/C14H18N4O2/c1-10(2)15-6-12-8-18(17-16-12)7-11-3-4-13-14(5-11)20-9-19-13/h3-5,8,10,15H,6-7,9H2,1-2H3. The van der Waals surface area contributed by atoms with Gasteiger partial charge in [0, 0.05) is 12.6 Å². The van der Waals surface area contributed by atoms with E-state index in [4.69, 9.17) is 9.47 Å². The van der Waals surface area contributed by atoms with Gasteiger partial charge < -0.3 is 14.8 Å². The first kappa shape index (κ1) is 12.9. The number of hydrogen-bond donors (Lipinski definition) is 1. The second-order valence-electron chi connectivity index (χ2n) is 5.13. The highest BCUT2D eigenvalue weighted by Gasteiger charge is 2.13. The summed E-state index contributed by atoms with van der Waals surface area (Å²) in [5.74, 6) is 1.60. The highest BCUT2D eigenvalue weighted by Crippen LogP contribution is 2.32. The largest absolute Gasteiger partial charge is 0.454 e. The van der Waals surface area contributed by atoms with Gasteiger partial charge in [-0.15, -0.1) is 5.10 Å². The molecule has 1 aliphatic heterocycles. The molecular formula is C14H18N4O2. The van der Waals surface area contributed by atoms with Crippen molar-refractivity contribution >= 4 is 0 Å². The predicted molar refractivity (Wildman–Crippen MR) is 73.7 cm³/mol. The number of aromatic nitrogens is 3. The molecule has 20 heavy (non-hydrogen) atoms. The molecule has 3 rings (SSSR count). The third kappa shape index (κ3) is 2.91. The third-order valence-electron chi connectivity index (χ3n) is 3.06. The van der Waals surface area contributed by atoms with Gasteiger partial charge in [-0.05, 0) is 17.7 Å². The summed E-state index contributed by atoms with van der Waals surface area (Å²) in [6.07, 6.45) is 1.96. The lowest BCUT2D eigenvalue weighted by atomic mass is 10.2. The van der Waals surface area contributed by atoms with E-state index in [1.54, 1.807) is 0 Å². The van der Waals surface area contributed by atoms with Crippen molar-refractivity contribution < 1.29 is 9.47 Å². The fraction of sp³-hybridized carbons (Fsp3) is 0.429. The Bertz CT molecular complexity index is 595. The maximum absolute atomic E-state index is 5.37. The minimum Gasteiger partial charge on any atom is -0.454 e. The molecule has 0 bridgehead atoms. The first-order valence-corrected chi connectivity index (χ1v) is 6.71. The van der Waals surface area contributed by atoms with Crippen LogP contribution in [0.15, 0.2) is 24.4 Å². The Morgan fingerprint density at radius 3 is 3.00 bits per heavy atom. The fourth-order valence-corrected chi connectivity index (χ4v) is 2.03. The van der Waals surface area contributed by atoms with E-state index in [0.29, 0.717) is 19.4 Å². The van der Waals surface area contributed by atoms with E-state index in [-0.39, 0.29) is 0 Å². The maximum Gasteiger partial charge on any atom is 0.231 e. The molecule has 1 N–H and O–H groups in total. The number of ether oxygens (including phenoxy) is 2. The molecule has 0 unspecified atom stereocenters. The molecule has 0 saturated carbocycles. The van der Waals surface area contributed by atoms with Crippen LogP contribution in [0.4, 0.5) is 0 Å². The van der Waals surface area contributed by atoms with E-state index < -0.39 is 0 Å². The van der Waals surface area contributed by atoms with Gasteiger partial charge in [-0.1, -0.05) is 25.1 Å². The van der Waals surface area contributed by atoms with E-state index in [2.05, 4.69) is 29.5 Å². The maximum atomic E-state index is 5.37. The van der Waals surface area contributed by atoms with Crippen LogP contribution < -0.4 is 14.8 Å². The van der Waals surface area contributed by atoms with E-state index in [1.807, 2.05) is 29.1 Å². The summed E-state index contributed by atoms with van der Waals surface area (Å²) >= 11 is 0. The molecule has 6 heteroatoms. The molecule has 0 spiro atoms. The van der Waals surface area contributed by atoms with E-state index >= 15 is 0 Å². The summed E-state index contributed by atoms with van der Waals surface area (Å²) in [6.45, 7) is 5.92. The number of fused-ring (bicyclic) bond motifs is 1. The molecule has 106 valence electrons. The van der Waals surface area contributed by atoms with Crippen molar-refractivity contribution in [2.75, 3.05) is 6.79 Å². The topological polar surface area (TPSA) is 61.2 Å². The summed E-state index contributed by atoms with van der Waals surface area (Å²) in [6, 6.07) is 6.36. The van der Waals surface area contributed by atoms with Gasteiger partial charge in [0.15, 0.2) is 11.5 Å². The SMILES string of the molecule is CC(C)NCc1cn(Cc2ccc3c(c2)OCO3)nn1. The zero-order valence-electron chi connectivity index (χ0n) is 11.7. The van der Waals surface area contributed by atoms with Crippen molar-refractivity contribution in [3.8, 4) is 11.5 Å². The Hall–Kier alpha value is -2.08. The Labute approximate surface area is 117 Å². The van der Waals surface area contributed by atoms with Crippen molar-refractivity contribution in [1.82, 2.24) is 20.3 Å². The van der Waals surface area contributed by atoms with Gasteiger partial charge in [0.25, 0.3) is 0 Å². The number of rotatable bonds is 5. The Kier molecular flexibility index (Phi) is 3.56. The summed E-state index contributed by atoms with van der Waals surface area (Å²) in [5.41, 5.74) is 2.06. The molecule has 2 aromatic rings. The quantitative estimate of drug-likeness (QED) is 0.896. The van der Waals surface area contributed by atoms with Crippen LogP contribution in [0.25, 0.3) is 0 Å². The summed E-state index contributed by atoms with van der Waals surface area (Å²) in [4.78, 5) is 0. The Balaban J connectivity index is 1.65. The minimum absolute atomic E-state index is 0.299. The lowest BCUT2D eigenvalue weighted by molar-refractivity contribution is 0.174. The van der Waals surface area contributed by atoms with Gasteiger partial charge >= 0.3 is 0 Å².